The normalized spacial score (nSPS) is 18.4. The summed E-state index contributed by atoms with van der Waals surface area (Å²) in [6, 6.07) is 11.9. The second-order valence-corrected chi connectivity index (χ2v) is 12.1. The number of carbonyl (C=O) groups is 2. The second kappa shape index (κ2) is 8.48. The van der Waals surface area contributed by atoms with Gasteiger partial charge in [-0.05, 0) is 89.7 Å². The van der Waals surface area contributed by atoms with Crippen LogP contribution >= 0.6 is 15.9 Å². The quantitative estimate of drug-likeness (QED) is 0.446. The highest BCUT2D eigenvalue weighted by atomic mass is 79.9. The van der Waals surface area contributed by atoms with Gasteiger partial charge in [-0.3, -0.25) is 4.79 Å². The van der Waals surface area contributed by atoms with E-state index in [9.17, 15) is 14.9 Å². The largest absolute Gasteiger partial charge is 0.444 e. The molecule has 2 aliphatic carbocycles. The Morgan fingerprint density at radius 3 is 2.42 bits per heavy atom. The molecule has 0 atom stereocenters. The molecule has 1 aliphatic heterocycles. The van der Waals surface area contributed by atoms with E-state index in [4.69, 9.17) is 4.74 Å². The number of ether oxygens (including phenoxy) is 1. The van der Waals surface area contributed by atoms with E-state index in [1.165, 1.54) is 0 Å². The molecule has 2 aromatic carbocycles. The number of nitrogens with zero attached hydrogens (tertiary/aromatic N) is 3. The molecule has 2 aromatic rings. The van der Waals surface area contributed by atoms with E-state index >= 15 is 0 Å². The van der Waals surface area contributed by atoms with Crippen LogP contribution in [0.2, 0.25) is 0 Å². The number of benzene rings is 2. The van der Waals surface area contributed by atoms with Crippen molar-refractivity contribution in [1.82, 2.24) is 4.90 Å². The van der Waals surface area contributed by atoms with Crippen molar-refractivity contribution < 1.29 is 14.3 Å². The van der Waals surface area contributed by atoms with Crippen molar-refractivity contribution in [2.75, 3.05) is 31.1 Å². The van der Waals surface area contributed by atoms with Crippen LogP contribution in [0.5, 0.6) is 0 Å². The van der Waals surface area contributed by atoms with Crippen molar-refractivity contribution in [3.8, 4) is 6.07 Å². The summed E-state index contributed by atoms with van der Waals surface area (Å²) < 4.78 is 6.41. The number of halogens is 1. The van der Waals surface area contributed by atoms with Crippen LogP contribution in [0.3, 0.4) is 0 Å². The molecule has 1 saturated heterocycles. The van der Waals surface area contributed by atoms with Gasteiger partial charge in [0.1, 0.15) is 5.60 Å². The molecule has 5 rings (SSSR count). The van der Waals surface area contributed by atoms with Gasteiger partial charge in [0.15, 0.2) is 5.78 Å². The summed E-state index contributed by atoms with van der Waals surface area (Å²) in [5.41, 5.74) is 6.45. The van der Waals surface area contributed by atoms with Gasteiger partial charge in [0.25, 0.3) is 0 Å². The molecule has 0 spiro atoms. The standard InChI is InChI=1S/C29H30BrN3O3/c1-28(2,3)36-27(35)33-10-8-32(9-11-33)24-15-21-20(14-23(24)30)26(34)25-19-7-6-17(16-31)12-18(19)13-22(25)29(21,4)5/h6-7,12,14-15H,8-11,13H2,1-5H3. The first-order valence-corrected chi connectivity index (χ1v) is 13.1. The maximum absolute atomic E-state index is 13.8. The minimum absolute atomic E-state index is 0.0461. The summed E-state index contributed by atoms with van der Waals surface area (Å²) in [7, 11) is 0. The van der Waals surface area contributed by atoms with Crippen LogP contribution in [0.1, 0.15) is 67.2 Å². The van der Waals surface area contributed by atoms with E-state index in [1.54, 1.807) is 11.0 Å². The molecule has 0 aromatic heterocycles. The Kier molecular flexibility index (Phi) is 5.79. The van der Waals surface area contributed by atoms with E-state index in [1.807, 2.05) is 39.0 Å². The predicted molar refractivity (Wildman–Crippen MR) is 143 cm³/mol. The molecule has 3 aliphatic rings. The Morgan fingerprint density at radius 2 is 1.78 bits per heavy atom. The van der Waals surface area contributed by atoms with Crippen molar-refractivity contribution in [1.29, 1.82) is 5.26 Å². The van der Waals surface area contributed by atoms with Crippen LogP contribution in [0.25, 0.3) is 5.57 Å². The van der Waals surface area contributed by atoms with Gasteiger partial charge in [-0.15, -0.1) is 0 Å². The highest BCUT2D eigenvalue weighted by molar-refractivity contribution is 9.10. The second-order valence-electron chi connectivity index (χ2n) is 11.3. The fourth-order valence-electron chi connectivity index (χ4n) is 5.55. The first-order valence-electron chi connectivity index (χ1n) is 12.3. The molecule has 0 unspecified atom stereocenters. The summed E-state index contributed by atoms with van der Waals surface area (Å²) in [5, 5.41) is 9.34. The first-order chi connectivity index (χ1) is 16.9. The van der Waals surface area contributed by atoms with Crippen LogP contribution in [0.15, 0.2) is 40.4 Å². The lowest BCUT2D eigenvalue weighted by Crippen LogP contribution is -2.50. The number of piperazine rings is 1. The highest BCUT2D eigenvalue weighted by Crippen LogP contribution is 2.51. The lowest BCUT2D eigenvalue weighted by Gasteiger charge is -2.39. The average molecular weight is 548 g/mol. The van der Waals surface area contributed by atoms with Gasteiger partial charge in [-0.25, -0.2) is 4.79 Å². The molecular formula is C29H30BrN3O3. The van der Waals surface area contributed by atoms with Crippen molar-refractivity contribution >= 4 is 39.1 Å². The molecule has 0 N–H and O–H groups in total. The van der Waals surface area contributed by atoms with E-state index in [2.05, 4.69) is 46.8 Å². The van der Waals surface area contributed by atoms with Crippen LogP contribution in [-0.4, -0.2) is 48.6 Å². The van der Waals surface area contributed by atoms with Crippen molar-refractivity contribution in [3.63, 3.8) is 0 Å². The number of anilines is 1. The van der Waals surface area contributed by atoms with Crippen LogP contribution in [-0.2, 0) is 16.6 Å². The first kappa shape index (κ1) is 24.6. The van der Waals surface area contributed by atoms with Crippen molar-refractivity contribution in [2.45, 2.75) is 52.1 Å². The molecule has 0 radical (unpaired) electrons. The molecular weight excluding hydrogens is 518 g/mol. The van der Waals surface area contributed by atoms with Crippen molar-refractivity contribution in [2.24, 2.45) is 0 Å². The average Bonchev–Trinajstić information content (AvgIpc) is 3.21. The molecule has 1 heterocycles. The zero-order valence-corrected chi connectivity index (χ0v) is 23.0. The van der Waals surface area contributed by atoms with E-state index in [0.29, 0.717) is 38.2 Å². The number of allylic oxidation sites excluding steroid dienone is 2. The van der Waals surface area contributed by atoms with E-state index in [-0.39, 0.29) is 17.3 Å². The Balaban J connectivity index is 1.44. The van der Waals surface area contributed by atoms with Crippen LogP contribution in [0, 0.1) is 11.3 Å². The molecule has 36 heavy (non-hydrogen) atoms. The summed E-state index contributed by atoms with van der Waals surface area (Å²) in [6.45, 7) is 12.5. The Morgan fingerprint density at radius 1 is 1.08 bits per heavy atom. The SMILES string of the molecule is CC(C)(C)OC(=O)N1CCN(c2cc3c(cc2Br)C(=O)C2=C(Cc4cc(C#N)ccc42)C3(C)C)CC1. The van der Waals surface area contributed by atoms with Gasteiger partial charge in [0.2, 0.25) is 0 Å². The van der Waals surface area contributed by atoms with Gasteiger partial charge >= 0.3 is 6.09 Å². The molecule has 1 fully saturated rings. The third kappa shape index (κ3) is 4.02. The van der Waals surface area contributed by atoms with Gasteiger partial charge < -0.3 is 14.5 Å². The number of ketones is 1. The number of Topliss-reactive ketones (excluding diaryl/α,β-unsaturated/α-hetero) is 1. The van der Waals surface area contributed by atoms with Crippen LogP contribution in [0.4, 0.5) is 10.5 Å². The summed E-state index contributed by atoms with van der Waals surface area (Å²) in [6.07, 6.45) is 0.399. The number of hydrogen-bond acceptors (Lipinski definition) is 5. The van der Waals surface area contributed by atoms with E-state index in [0.717, 1.165) is 43.6 Å². The Hall–Kier alpha value is -3.11. The minimum atomic E-state index is -0.516. The number of carbonyl (C=O) groups excluding carboxylic acids is 2. The summed E-state index contributed by atoms with van der Waals surface area (Å²) in [4.78, 5) is 30.3. The number of amides is 1. The Bertz CT molecular complexity index is 1370. The maximum atomic E-state index is 13.8. The predicted octanol–water partition coefficient (Wildman–Crippen LogP) is 5.86. The van der Waals surface area contributed by atoms with Gasteiger partial charge in [-0.1, -0.05) is 19.9 Å². The molecule has 1 amide bonds. The molecule has 6 nitrogen and oxygen atoms in total. The fourth-order valence-corrected chi connectivity index (χ4v) is 6.14. The maximum Gasteiger partial charge on any atom is 0.410 e. The third-order valence-corrected chi connectivity index (χ3v) is 8.07. The molecule has 7 heteroatoms. The molecule has 0 saturated carbocycles. The number of fused-ring (bicyclic) bond motifs is 3. The molecule has 0 bridgehead atoms. The zero-order valence-electron chi connectivity index (χ0n) is 21.4. The van der Waals surface area contributed by atoms with Gasteiger partial charge in [0, 0.05) is 47.2 Å². The minimum Gasteiger partial charge on any atom is -0.444 e. The fraction of sp³-hybridized carbons (Fsp3) is 0.414. The summed E-state index contributed by atoms with van der Waals surface area (Å²) >= 11 is 3.73. The van der Waals surface area contributed by atoms with E-state index < -0.39 is 5.60 Å². The Labute approximate surface area is 220 Å². The topological polar surface area (TPSA) is 73.6 Å². The number of hydrogen-bond donors (Lipinski definition) is 0. The number of rotatable bonds is 1. The van der Waals surface area contributed by atoms with Crippen LogP contribution < -0.4 is 4.90 Å². The lowest BCUT2D eigenvalue weighted by molar-refractivity contribution is 0.0240. The molecule has 186 valence electrons. The smallest absolute Gasteiger partial charge is 0.410 e. The lowest BCUT2D eigenvalue weighted by atomic mass is 9.68. The summed E-state index contributed by atoms with van der Waals surface area (Å²) in [5.74, 6) is 0.0461. The monoisotopic (exact) mass is 547 g/mol. The van der Waals surface area contributed by atoms with Gasteiger partial charge in [-0.2, -0.15) is 5.26 Å². The zero-order chi connectivity index (χ0) is 26.0. The number of nitriles is 1. The van der Waals surface area contributed by atoms with Gasteiger partial charge in [0.05, 0.1) is 17.3 Å². The third-order valence-electron chi connectivity index (χ3n) is 7.43. The highest BCUT2D eigenvalue weighted by Gasteiger charge is 2.43. The van der Waals surface area contributed by atoms with Crippen molar-refractivity contribution in [3.05, 3.63) is 68.2 Å².